The van der Waals surface area contributed by atoms with Crippen LogP contribution in [0.2, 0.25) is 0 Å². The topological polar surface area (TPSA) is 49.4 Å². The minimum Gasteiger partial charge on any atom is -0.302 e. The van der Waals surface area contributed by atoms with E-state index in [0.717, 1.165) is 58.2 Å². The fraction of sp³-hybridized carbons (Fsp3) is 1.00. The lowest BCUT2D eigenvalue weighted by molar-refractivity contribution is 0.0826. The number of rotatable bonds is 3. The molecule has 3 saturated heterocycles. The Labute approximate surface area is 104 Å². The van der Waals surface area contributed by atoms with E-state index in [1.807, 2.05) is 0 Å². The molecule has 0 spiro atoms. The number of nitrogens with zero attached hydrogens (tertiary/aromatic N) is 1. The zero-order valence-corrected chi connectivity index (χ0v) is 11.1. The van der Waals surface area contributed by atoms with E-state index in [-0.39, 0.29) is 11.3 Å². The fourth-order valence-corrected chi connectivity index (χ4v) is 5.44. The third-order valence-corrected chi connectivity index (χ3v) is 6.69. The molecule has 0 amide bonds. The summed E-state index contributed by atoms with van der Waals surface area (Å²) in [4.78, 5) is 2.39. The van der Waals surface area contributed by atoms with Crippen LogP contribution < -0.4 is 4.72 Å². The van der Waals surface area contributed by atoms with E-state index < -0.39 is 10.0 Å². The summed E-state index contributed by atoms with van der Waals surface area (Å²) in [6.07, 6.45) is 6.19. The molecule has 0 aromatic heterocycles. The van der Waals surface area contributed by atoms with Crippen molar-refractivity contribution in [1.82, 2.24) is 9.62 Å². The molecular weight excluding hydrogens is 236 g/mol. The summed E-state index contributed by atoms with van der Waals surface area (Å²) in [5.74, 6) is 0.580. The van der Waals surface area contributed by atoms with Crippen molar-refractivity contribution in [1.29, 1.82) is 0 Å². The Balaban J connectivity index is 1.66. The van der Waals surface area contributed by atoms with Gasteiger partial charge in [-0.1, -0.05) is 12.8 Å². The normalized spacial score (nSPS) is 38.7. The summed E-state index contributed by atoms with van der Waals surface area (Å²) in [5.41, 5.74) is 0. The quantitative estimate of drug-likeness (QED) is 0.820. The minimum atomic E-state index is -3.06. The summed E-state index contributed by atoms with van der Waals surface area (Å²) in [6, 6.07) is 0.183. The van der Waals surface area contributed by atoms with Gasteiger partial charge in [-0.05, 0) is 44.7 Å². The average Bonchev–Trinajstić information content (AvgIpc) is 2.84. The van der Waals surface area contributed by atoms with Crippen LogP contribution in [0.25, 0.3) is 0 Å². The highest BCUT2D eigenvalue weighted by atomic mass is 32.2. The Kier molecular flexibility index (Phi) is 3.17. The SMILES string of the molecule is O=S(=O)(NC1CN2CCC1CC2)C1CCCC1. The number of fused-ring (bicyclic) bond motifs is 3. The number of hydrogen-bond donors (Lipinski definition) is 1. The second-order valence-electron chi connectivity index (χ2n) is 5.81. The van der Waals surface area contributed by atoms with Crippen molar-refractivity contribution in [3.63, 3.8) is 0 Å². The molecular formula is C12H22N2O2S. The van der Waals surface area contributed by atoms with E-state index in [1.54, 1.807) is 0 Å². The molecule has 0 radical (unpaired) electrons. The van der Waals surface area contributed by atoms with Gasteiger partial charge in [-0.3, -0.25) is 0 Å². The predicted octanol–water partition coefficient (Wildman–Crippen LogP) is 0.943. The van der Waals surface area contributed by atoms with E-state index in [9.17, 15) is 8.42 Å². The maximum atomic E-state index is 12.2. The standard InChI is InChI=1S/C12H22N2O2S/c15-17(16,11-3-1-2-4-11)13-12-9-14-7-5-10(12)6-8-14/h10-13H,1-9H2. The molecule has 1 unspecified atom stereocenters. The number of hydrogen-bond acceptors (Lipinski definition) is 3. The molecule has 1 aliphatic carbocycles. The first kappa shape index (κ1) is 11.9. The predicted molar refractivity (Wildman–Crippen MR) is 67.3 cm³/mol. The van der Waals surface area contributed by atoms with Gasteiger partial charge in [0.15, 0.2) is 0 Å². The van der Waals surface area contributed by atoms with Gasteiger partial charge in [0.2, 0.25) is 10.0 Å². The van der Waals surface area contributed by atoms with Crippen LogP contribution in [0, 0.1) is 5.92 Å². The maximum Gasteiger partial charge on any atom is 0.214 e. The van der Waals surface area contributed by atoms with Crippen molar-refractivity contribution in [3.8, 4) is 0 Å². The lowest BCUT2D eigenvalue weighted by Gasteiger charge is -2.45. The van der Waals surface area contributed by atoms with Crippen LogP contribution >= 0.6 is 0 Å². The lowest BCUT2D eigenvalue weighted by Crippen LogP contribution is -2.58. The molecule has 4 rings (SSSR count). The van der Waals surface area contributed by atoms with Crippen LogP contribution in [0.1, 0.15) is 38.5 Å². The molecule has 0 aromatic rings. The monoisotopic (exact) mass is 258 g/mol. The molecule has 1 saturated carbocycles. The van der Waals surface area contributed by atoms with Crippen LogP contribution in [0.15, 0.2) is 0 Å². The summed E-state index contributed by atoms with van der Waals surface area (Å²) < 4.78 is 27.5. The number of sulfonamides is 1. The molecule has 3 heterocycles. The van der Waals surface area contributed by atoms with Crippen molar-refractivity contribution in [2.24, 2.45) is 5.92 Å². The highest BCUT2D eigenvalue weighted by Gasteiger charge is 2.38. The largest absolute Gasteiger partial charge is 0.302 e. The molecule has 0 aromatic carbocycles. The minimum absolute atomic E-state index is 0.113. The third kappa shape index (κ3) is 2.37. The Morgan fingerprint density at radius 1 is 1.00 bits per heavy atom. The molecule has 17 heavy (non-hydrogen) atoms. The molecule has 5 heteroatoms. The van der Waals surface area contributed by atoms with Crippen LogP contribution in [0.5, 0.6) is 0 Å². The van der Waals surface area contributed by atoms with Crippen molar-refractivity contribution >= 4 is 10.0 Å². The van der Waals surface area contributed by atoms with E-state index >= 15 is 0 Å². The van der Waals surface area contributed by atoms with Gasteiger partial charge in [0.25, 0.3) is 0 Å². The Morgan fingerprint density at radius 3 is 2.18 bits per heavy atom. The van der Waals surface area contributed by atoms with Crippen LogP contribution in [-0.4, -0.2) is 44.2 Å². The molecule has 4 nitrogen and oxygen atoms in total. The zero-order chi connectivity index (χ0) is 11.9. The first-order chi connectivity index (χ1) is 8.15. The van der Waals surface area contributed by atoms with Gasteiger partial charge < -0.3 is 4.90 Å². The Bertz CT molecular complexity index is 368. The lowest BCUT2D eigenvalue weighted by atomic mass is 9.85. The van der Waals surface area contributed by atoms with Gasteiger partial charge in [0.1, 0.15) is 0 Å². The van der Waals surface area contributed by atoms with Crippen LogP contribution in [-0.2, 0) is 10.0 Å². The van der Waals surface area contributed by atoms with Gasteiger partial charge in [-0.15, -0.1) is 0 Å². The molecule has 4 fully saturated rings. The number of piperidine rings is 3. The summed E-state index contributed by atoms with van der Waals surface area (Å²) >= 11 is 0. The average molecular weight is 258 g/mol. The maximum absolute atomic E-state index is 12.2. The fourth-order valence-electron chi connectivity index (χ4n) is 3.60. The first-order valence-electron chi connectivity index (χ1n) is 6.89. The highest BCUT2D eigenvalue weighted by molar-refractivity contribution is 7.90. The van der Waals surface area contributed by atoms with E-state index in [0.29, 0.717) is 5.92 Å². The first-order valence-corrected chi connectivity index (χ1v) is 8.43. The van der Waals surface area contributed by atoms with Crippen LogP contribution in [0.4, 0.5) is 0 Å². The van der Waals surface area contributed by atoms with Crippen LogP contribution in [0.3, 0.4) is 0 Å². The van der Waals surface area contributed by atoms with Crippen molar-refractivity contribution in [2.45, 2.75) is 49.8 Å². The molecule has 4 aliphatic rings. The van der Waals surface area contributed by atoms with E-state index in [4.69, 9.17) is 0 Å². The molecule has 2 bridgehead atoms. The Hall–Kier alpha value is -0.130. The second-order valence-corrected chi connectivity index (χ2v) is 7.81. The van der Waals surface area contributed by atoms with E-state index in [1.165, 1.54) is 0 Å². The third-order valence-electron chi connectivity index (χ3n) is 4.71. The summed E-state index contributed by atoms with van der Waals surface area (Å²) in [7, 11) is -3.06. The number of nitrogens with one attached hydrogen (secondary N) is 1. The van der Waals surface area contributed by atoms with Crippen molar-refractivity contribution in [2.75, 3.05) is 19.6 Å². The van der Waals surface area contributed by atoms with Gasteiger partial charge in [-0.25, -0.2) is 13.1 Å². The smallest absolute Gasteiger partial charge is 0.214 e. The van der Waals surface area contributed by atoms with Gasteiger partial charge in [0.05, 0.1) is 5.25 Å². The second kappa shape index (κ2) is 4.52. The molecule has 3 aliphatic heterocycles. The molecule has 98 valence electrons. The van der Waals surface area contributed by atoms with Gasteiger partial charge in [-0.2, -0.15) is 0 Å². The van der Waals surface area contributed by atoms with Gasteiger partial charge >= 0.3 is 0 Å². The van der Waals surface area contributed by atoms with Crippen molar-refractivity contribution < 1.29 is 8.42 Å². The summed E-state index contributed by atoms with van der Waals surface area (Å²) in [5, 5.41) is -0.113. The van der Waals surface area contributed by atoms with Gasteiger partial charge in [0, 0.05) is 12.6 Å². The Morgan fingerprint density at radius 2 is 1.65 bits per heavy atom. The van der Waals surface area contributed by atoms with Crippen molar-refractivity contribution in [3.05, 3.63) is 0 Å². The zero-order valence-electron chi connectivity index (χ0n) is 10.3. The molecule has 1 N–H and O–H groups in total. The summed E-state index contributed by atoms with van der Waals surface area (Å²) in [6.45, 7) is 3.25. The highest BCUT2D eigenvalue weighted by Crippen LogP contribution is 2.30. The molecule has 1 atom stereocenters. The van der Waals surface area contributed by atoms with E-state index in [2.05, 4.69) is 9.62 Å².